The van der Waals surface area contributed by atoms with Gasteiger partial charge in [0.15, 0.2) is 0 Å². The first-order chi connectivity index (χ1) is 12.8. The van der Waals surface area contributed by atoms with Gasteiger partial charge in [-0.2, -0.15) is 0 Å². The van der Waals surface area contributed by atoms with E-state index in [2.05, 4.69) is 10.1 Å². The number of aromatic nitrogens is 1. The molecule has 1 amide bonds. The molecule has 28 heavy (non-hydrogen) atoms. The molecule has 4 rings (SSSR count). The number of amides is 1. The van der Waals surface area contributed by atoms with Crippen molar-refractivity contribution in [2.45, 2.75) is 44.2 Å². The number of nitrogens with zero attached hydrogens (tertiary/aromatic N) is 2. The van der Waals surface area contributed by atoms with Crippen molar-refractivity contribution in [2.75, 3.05) is 26.2 Å². The molecule has 4 heterocycles. The van der Waals surface area contributed by atoms with Crippen molar-refractivity contribution in [1.29, 1.82) is 0 Å². The molecule has 1 N–H and O–H groups in total. The van der Waals surface area contributed by atoms with Crippen LogP contribution < -0.4 is 10.9 Å². The van der Waals surface area contributed by atoms with Crippen molar-refractivity contribution in [3.05, 3.63) is 33.7 Å². The van der Waals surface area contributed by atoms with Crippen molar-refractivity contribution >= 4 is 18.3 Å². The summed E-state index contributed by atoms with van der Waals surface area (Å²) in [7, 11) is 0. The zero-order valence-electron chi connectivity index (χ0n) is 15.2. The summed E-state index contributed by atoms with van der Waals surface area (Å²) < 4.78 is 42.7. The van der Waals surface area contributed by atoms with E-state index in [-0.39, 0.29) is 55.4 Å². The van der Waals surface area contributed by atoms with Gasteiger partial charge in [0.05, 0.1) is 6.10 Å². The van der Waals surface area contributed by atoms with Crippen LogP contribution in [0.3, 0.4) is 0 Å². The fourth-order valence-corrected chi connectivity index (χ4v) is 4.49. The summed E-state index contributed by atoms with van der Waals surface area (Å²) in [4.78, 5) is 27.1. The van der Waals surface area contributed by atoms with Gasteiger partial charge in [-0.1, -0.05) is 0 Å². The molecule has 3 aliphatic heterocycles. The van der Waals surface area contributed by atoms with Gasteiger partial charge in [-0.15, -0.1) is 25.6 Å². The molecule has 0 aromatic carbocycles. The van der Waals surface area contributed by atoms with E-state index in [1.54, 1.807) is 10.6 Å². The van der Waals surface area contributed by atoms with Crippen molar-refractivity contribution in [1.82, 2.24) is 14.8 Å². The van der Waals surface area contributed by atoms with Crippen LogP contribution in [0.2, 0.25) is 0 Å². The fourth-order valence-electron chi connectivity index (χ4n) is 4.49. The largest absolute Gasteiger partial charge is 0.522 e. The number of nitrogens with one attached hydrogen (secondary N) is 1. The standard InChI is InChI=1S/C18H22F3N3O3.ClH/c19-18(20,21)27-13-3-5-23(6-4-13)16(25)14-1-2-15-12-7-11(8-22-9-12)10-24(15)17(14)26;/h1-2,11-13,22H,3-10H2;1H/t11-,12+;/m0./s1. The number of likely N-dealkylation sites (tertiary alicyclic amines) is 1. The van der Waals surface area contributed by atoms with Crippen molar-refractivity contribution < 1.29 is 22.7 Å². The monoisotopic (exact) mass is 421 g/mol. The number of hydrogen-bond acceptors (Lipinski definition) is 4. The summed E-state index contributed by atoms with van der Waals surface area (Å²) in [5, 5.41) is 3.37. The molecule has 10 heteroatoms. The van der Waals surface area contributed by atoms with Gasteiger partial charge in [0.2, 0.25) is 0 Å². The quantitative estimate of drug-likeness (QED) is 0.794. The topological polar surface area (TPSA) is 63.6 Å². The highest BCUT2D eigenvalue weighted by atomic mass is 35.5. The third-order valence-electron chi connectivity index (χ3n) is 5.77. The number of pyridine rings is 1. The Balaban J connectivity index is 0.00000225. The van der Waals surface area contributed by atoms with Gasteiger partial charge in [0.25, 0.3) is 11.5 Å². The van der Waals surface area contributed by atoms with E-state index < -0.39 is 18.4 Å². The molecule has 6 nitrogen and oxygen atoms in total. The molecule has 2 bridgehead atoms. The Kier molecular flexibility index (Phi) is 6.07. The second-order valence-corrected chi connectivity index (χ2v) is 7.60. The first-order valence-electron chi connectivity index (χ1n) is 9.30. The maximum atomic E-state index is 12.9. The van der Waals surface area contributed by atoms with Crippen molar-refractivity contribution in [2.24, 2.45) is 5.92 Å². The number of fused-ring (bicyclic) bond motifs is 4. The van der Waals surface area contributed by atoms with Crippen LogP contribution in [0.15, 0.2) is 16.9 Å². The second kappa shape index (κ2) is 8.04. The number of alkyl halides is 3. The number of ether oxygens (including phenoxy) is 1. The van der Waals surface area contributed by atoms with Gasteiger partial charge >= 0.3 is 6.36 Å². The van der Waals surface area contributed by atoms with Crippen LogP contribution in [0.1, 0.15) is 41.2 Å². The molecular formula is C18H23ClF3N3O3. The molecule has 0 saturated carbocycles. The third kappa shape index (κ3) is 4.21. The fraction of sp³-hybridized carbons (Fsp3) is 0.667. The summed E-state index contributed by atoms with van der Waals surface area (Å²) in [5.41, 5.74) is 0.766. The highest BCUT2D eigenvalue weighted by molar-refractivity contribution is 5.94. The number of rotatable bonds is 2. The normalized spacial score (nSPS) is 25.0. The summed E-state index contributed by atoms with van der Waals surface area (Å²) in [5.74, 6) is 0.258. The molecule has 1 aromatic rings. The highest BCUT2D eigenvalue weighted by Gasteiger charge is 2.37. The minimum absolute atomic E-state index is 0. The van der Waals surface area contributed by atoms with Gasteiger partial charge < -0.3 is 14.8 Å². The molecule has 2 fully saturated rings. The average Bonchev–Trinajstić information content (AvgIpc) is 2.62. The zero-order chi connectivity index (χ0) is 19.2. The predicted octanol–water partition coefficient (Wildman–Crippen LogP) is 2.12. The Bertz CT molecular complexity index is 791. The Morgan fingerprint density at radius 1 is 1.18 bits per heavy atom. The summed E-state index contributed by atoms with van der Waals surface area (Å²) in [6, 6.07) is 3.42. The number of hydrogen-bond donors (Lipinski definition) is 1. The van der Waals surface area contributed by atoms with Gasteiger partial charge in [-0.05, 0) is 43.9 Å². The van der Waals surface area contributed by atoms with Gasteiger partial charge in [0, 0.05) is 37.8 Å². The average molecular weight is 422 g/mol. The molecule has 0 spiro atoms. The van der Waals surface area contributed by atoms with E-state index in [1.807, 2.05) is 6.07 Å². The van der Waals surface area contributed by atoms with Crippen molar-refractivity contribution in [3.8, 4) is 0 Å². The highest BCUT2D eigenvalue weighted by Crippen LogP contribution is 2.32. The van der Waals surface area contributed by atoms with Crippen molar-refractivity contribution in [3.63, 3.8) is 0 Å². The molecule has 0 aliphatic carbocycles. The second-order valence-electron chi connectivity index (χ2n) is 7.60. The predicted molar refractivity (Wildman–Crippen MR) is 97.7 cm³/mol. The minimum atomic E-state index is -4.67. The van der Waals surface area contributed by atoms with Crippen LogP contribution in [-0.2, 0) is 11.3 Å². The van der Waals surface area contributed by atoms with E-state index in [4.69, 9.17) is 0 Å². The summed E-state index contributed by atoms with van der Waals surface area (Å²) >= 11 is 0. The van der Waals surface area contributed by atoms with Crippen LogP contribution in [0.25, 0.3) is 0 Å². The molecule has 1 aromatic heterocycles. The number of carbonyl (C=O) groups excluding carboxylic acids is 1. The van der Waals surface area contributed by atoms with E-state index in [9.17, 15) is 22.8 Å². The van der Waals surface area contributed by atoms with Gasteiger partial charge in [-0.25, -0.2) is 0 Å². The molecule has 2 atom stereocenters. The lowest BCUT2D eigenvalue weighted by atomic mass is 9.84. The van der Waals surface area contributed by atoms with Crippen LogP contribution in [0.5, 0.6) is 0 Å². The van der Waals surface area contributed by atoms with E-state index in [0.717, 1.165) is 25.2 Å². The Morgan fingerprint density at radius 3 is 2.57 bits per heavy atom. The molecule has 2 saturated heterocycles. The van der Waals surface area contributed by atoms with E-state index >= 15 is 0 Å². The summed E-state index contributed by atoms with van der Waals surface area (Å²) in [6.07, 6.45) is -4.35. The third-order valence-corrected chi connectivity index (χ3v) is 5.77. The minimum Gasteiger partial charge on any atom is -0.338 e. The van der Waals surface area contributed by atoms with Crippen LogP contribution in [0, 0.1) is 5.92 Å². The van der Waals surface area contributed by atoms with Crippen LogP contribution in [0.4, 0.5) is 13.2 Å². The number of piperidine rings is 2. The Hall–Kier alpha value is -1.58. The molecule has 156 valence electrons. The lowest BCUT2D eigenvalue weighted by molar-refractivity contribution is -0.345. The molecule has 3 aliphatic rings. The van der Waals surface area contributed by atoms with E-state index in [0.29, 0.717) is 12.5 Å². The Labute approximate surface area is 166 Å². The smallest absolute Gasteiger partial charge is 0.338 e. The van der Waals surface area contributed by atoms with E-state index in [1.165, 1.54) is 4.90 Å². The Morgan fingerprint density at radius 2 is 1.89 bits per heavy atom. The van der Waals surface area contributed by atoms with Crippen LogP contribution >= 0.6 is 12.4 Å². The maximum Gasteiger partial charge on any atom is 0.522 e. The molecular weight excluding hydrogens is 399 g/mol. The first kappa shape index (κ1) is 21.1. The van der Waals surface area contributed by atoms with Gasteiger partial charge in [0.1, 0.15) is 5.56 Å². The lowest BCUT2D eigenvalue weighted by Gasteiger charge is -2.38. The molecule has 0 radical (unpaired) electrons. The summed E-state index contributed by atoms with van der Waals surface area (Å²) in [6.45, 7) is 2.59. The number of halogens is 4. The zero-order valence-corrected chi connectivity index (χ0v) is 16.0. The van der Waals surface area contributed by atoms with Crippen LogP contribution in [-0.4, -0.2) is 54.0 Å². The first-order valence-corrected chi connectivity index (χ1v) is 9.30. The number of carbonyl (C=O) groups is 1. The maximum absolute atomic E-state index is 12.9. The van der Waals surface area contributed by atoms with Gasteiger partial charge in [-0.3, -0.25) is 14.3 Å². The lowest BCUT2D eigenvalue weighted by Crippen LogP contribution is -2.47. The molecule has 0 unspecified atom stereocenters. The SMILES string of the molecule is Cl.O=C(c1ccc2n(c1=O)C[C@@H]1CNC[C@H]2C1)N1CCC(OC(F)(F)F)CC1.